The highest BCUT2D eigenvalue weighted by Gasteiger charge is 2.42. The first kappa shape index (κ1) is 22.5. The van der Waals surface area contributed by atoms with E-state index in [9.17, 15) is 4.57 Å². The first-order valence-corrected chi connectivity index (χ1v) is 12.7. The van der Waals surface area contributed by atoms with Gasteiger partial charge in [-0.1, -0.05) is 0 Å². The molecule has 2 saturated carbocycles. The molecule has 0 unspecified atom stereocenters. The van der Waals surface area contributed by atoms with E-state index in [1.165, 1.54) is 25.2 Å². The summed E-state index contributed by atoms with van der Waals surface area (Å²) in [4.78, 5) is 25.1. The van der Waals surface area contributed by atoms with E-state index < -0.39 is 8.25 Å². The molecule has 186 valence electrons. The maximum Gasteiger partial charge on any atom is 0.417 e. The van der Waals surface area contributed by atoms with Crippen LogP contribution in [0.15, 0.2) is 50.0 Å². The maximum absolute atomic E-state index is 12.3. The van der Waals surface area contributed by atoms with Crippen LogP contribution in [0.5, 0.6) is 0 Å². The van der Waals surface area contributed by atoms with Gasteiger partial charge in [-0.15, -0.1) is 0 Å². The lowest BCUT2D eigenvalue weighted by molar-refractivity contribution is 0.349. The summed E-state index contributed by atoms with van der Waals surface area (Å²) in [5.74, 6) is 0.715. The molecule has 13 nitrogen and oxygen atoms in total. The predicted octanol–water partition coefficient (Wildman–Crippen LogP) is 2.84. The predicted molar refractivity (Wildman–Crippen MR) is 132 cm³/mol. The first-order valence-electron chi connectivity index (χ1n) is 11.5. The van der Waals surface area contributed by atoms with Gasteiger partial charge in [0, 0.05) is 23.9 Å². The molecule has 2 aliphatic rings. The van der Waals surface area contributed by atoms with Crippen molar-refractivity contribution in [1.82, 2.24) is 39.0 Å². The number of hydrogen-bond acceptors (Lipinski definition) is 11. The van der Waals surface area contributed by atoms with Gasteiger partial charge in [-0.05, 0) is 37.8 Å². The number of nitrogen functional groups attached to an aromatic ring is 2. The fraction of sp³-hybridized carbons (Fsp3) is 0.364. The Morgan fingerprint density at radius 3 is 1.64 bits per heavy atom. The van der Waals surface area contributed by atoms with Gasteiger partial charge in [-0.25, -0.2) is 34.5 Å². The van der Waals surface area contributed by atoms with Gasteiger partial charge in [0.25, 0.3) is 0 Å². The zero-order chi connectivity index (χ0) is 24.8. The van der Waals surface area contributed by atoms with Crippen molar-refractivity contribution in [2.75, 3.05) is 11.5 Å². The van der Waals surface area contributed by atoms with E-state index in [0.717, 1.165) is 25.7 Å². The third kappa shape index (κ3) is 4.37. The fourth-order valence-corrected chi connectivity index (χ4v) is 4.69. The molecular weight excluding hydrogens is 483 g/mol. The number of nitrogens with two attached hydrogens (primary N) is 2. The lowest BCUT2D eigenvalue weighted by Gasteiger charge is -2.12. The van der Waals surface area contributed by atoms with Crippen molar-refractivity contribution < 1.29 is 13.6 Å². The van der Waals surface area contributed by atoms with Crippen molar-refractivity contribution in [3.63, 3.8) is 0 Å². The Bertz CT molecular complexity index is 1410. The molecule has 0 amide bonds. The Morgan fingerprint density at radius 2 is 1.22 bits per heavy atom. The van der Waals surface area contributed by atoms with Crippen LogP contribution in [-0.2, 0) is 26.7 Å². The van der Waals surface area contributed by atoms with Gasteiger partial charge in [-0.2, -0.15) is 0 Å². The summed E-state index contributed by atoms with van der Waals surface area (Å²) in [5, 5.41) is 0. The molecule has 6 rings (SSSR count). The SMILES string of the molecule is Nc1ncnc2c1ncn2CC1(C=CO[PH](=O)OC=CC2(Cn3cnc4c(N)ncnc43)CC2)CC1. The molecule has 0 saturated heterocycles. The standard InChI is InChI=1S/C22H25N10O3P/c23-17-15-19(27-11-25-17)31(13-29-15)9-21(1-2-21)5-7-34-36(33)35-8-6-22(3-4-22)10-32-14-30-16-18(24)26-12-28-20(16)32/h5-8,11-14,36H,1-4,9-10H2,(H2,23,25,27)(H2,24,26,28). The third-order valence-electron chi connectivity index (χ3n) is 6.79. The molecule has 4 aromatic rings. The van der Waals surface area contributed by atoms with Gasteiger partial charge >= 0.3 is 8.25 Å². The van der Waals surface area contributed by atoms with Crippen molar-refractivity contribution in [3.05, 3.63) is 50.0 Å². The Balaban J connectivity index is 1.02. The summed E-state index contributed by atoms with van der Waals surface area (Å²) >= 11 is 0. The maximum atomic E-state index is 12.3. The topological polar surface area (TPSA) is 175 Å². The Kier molecular flexibility index (Phi) is 5.36. The second-order valence-corrected chi connectivity index (χ2v) is 10.4. The summed E-state index contributed by atoms with van der Waals surface area (Å²) in [6, 6.07) is 0. The van der Waals surface area contributed by atoms with E-state index in [4.69, 9.17) is 20.5 Å². The molecule has 14 heteroatoms. The largest absolute Gasteiger partial charge is 0.426 e. The van der Waals surface area contributed by atoms with Gasteiger partial charge in [0.05, 0.1) is 25.2 Å². The second kappa shape index (κ2) is 8.59. The van der Waals surface area contributed by atoms with Crippen LogP contribution in [0, 0.1) is 10.8 Å². The highest BCUT2D eigenvalue weighted by atomic mass is 31.1. The molecule has 2 aliphatic carbocycles. The number of nitrogens with zero attached hydrogens (tertiary/aromatic N) is 8. The van der Waals surface area contributed by atoms with Crippen LogP contribution in [-0.4, -0.2) is 39.0 Å². The smallest absolute Gasteiger partial charge is 0.417 e. The van der Waals surface area contributed by atoms with Crippen LogP contribution in [0.25, 0.3) is 22.3 Å². The molecule has 0 aliphatic heterocycles. The highest BCUT2D eigenvalue weighted by Crippen LogP contribution is 2.50. The number of anilines is 2. The minimum atomic E-state index is -2.72. The Morgan fingerprint density at radius 1 is 0.778 bits per heavy atom. The van der Waals surface area contributed by atoms with Crippen molar-refractivity contribution in [2.45, 2.75) is 38.8 Å². The van der Waals surface area contributed by atoms with Crippen molar-refractivity contribution >= 4 is 42.2 Å². The molecule has 0 bridgehead atoms. The summed E-state index contributed by atoms with van der Waals surface area (Å²) in [5.41, 5.74) is 14.1. The van der Waals surface area contributed by atoms with E-state index in [0.29, 0.717) is 47.1 Å². The quantitative estimate of drug-likeness (QED) is 0.238. The monoisotopic (exact) mass is 508 g/mol. The third-order valence-corrected chi connectivity index (χ3v) is 7.44. The summed E-state index contributed by atoms with van der Waals surface area (Å²) < 4.78 is 26.8. The molecule has 4 heterocycles. The lowest BCUT2D eigenvalue weighted by atomic mass is 10.1. The van der Waals surface area contributed by atoms with Crippen LogP contribution in [0.1, 0.15) is 25.7 Å². The summed E-state index contributed by atoms with van der Waals surface area (Å²) in [6.45, 7) is 1.34. The number of fused-ring (bicyclic) bond motifs is 2. The van der Waals surface area contributed by atoms with Gasteiger partial charge in [0.15, 0.2) is 22.9 Å². The van der Waals surface area contributed by atoms with E-state index in [1.807, 2.05) is 21.3 Å². The lowest BCUT2D eigenvalue weighted by Crippen LogP contribution is -2.09. The Labute approximate surface area is 206 Å². The zero-order valence-corrected chi connectivity index (χ0v) is 20.3. The van der Waals surface area contributed by atoms with Gasteiger partial charge in [0.2, 0.25) is 0 Å². The van der Waals surface area contributed by atoms with Gasteiger partial charge in [-0.3, -0.25) is 0 Å². The van der Waals surface area contributed by atoms with E-state index >= 15 is 0 Å². The number of aromatic nitrogens is 8. The molecule has 0 spiro atoms. The summed E-state index contributed by atoms with van der Waals surface area (Å²) in [7, 11) is -2.72. The molecule has 36 heavy (non-hydrogen) atoms. The molecule has 4 N–H and O–H groups in total. The first-order chi connectivity index (χ1) is 17.5. The van der Waals surface area contributed by atoms with E-state index in [-0.39, 0.29) is 10.8 Å². The van der Waals surface area contributed by atoms with Crippen molar-refractivity contribution in [2.24, 2.45) is 10.8 Å². The van der Waals surface area contributed by atoms with Crippen LogP contribution in [0.4, 0.5) is 11.6 Å². The minimum absolute atomic E-state index is 0.0933. The van der Waals surface area contributed by atoms with Crippen molar-refractivity contribution in [3.8, 4) is 0 Å². The highest BCUT2D eigenvalue weighted by molar-refractivity contribution is 7.33. The molecule has 0 atom stereocenters. The number of allylic oxidation sites excluding steroid dienone is 2. The van der Waals surface area contributed by atoms with Crippen LogP contribution in [0.2, 0.25) is 0 Å². The Hall–Kier alpha value is -3.99. The normalized spacial score (nSPS) is 18.8. The molecular formula is C22H25N10O3P. The van der Waals surface area contributed by atoms with E-state index in [2.05, 4.69) is 29.9 Å². The average Bonchev–Trinajstić information content (AvgIpc) is 3.71. The van der Waals surface area contributed by atoms with Gasteiger partial charge < -0.3 is 29.6 Å². The second-order valence-electron chi connectivity index (χ2n) is 9.42. The van der Waals surface area contributed by atoms with Gasteiger partial charge in [0.1, 0.15) is 23.7 Å². The van der Waals surface area contributed by atoms with Crippen LogP contribution in [0.3, 0.4) is 0 Å². The number of imidazole rings is 2. The fourth-order valence-electron chi connectivity index (χ4n) is 4.28. The minimum Gasteiger partial charge on any atom is -0.426 e. The van der Waals surface area contributed by atoms with Crippen LogP contribution >= 0.6 is 8.25 Å². The average molecular weight is 508 g/mol. The molecule has 2 fully saturated rings. The zero-order valence-electron chi connectivity index (χ0n) is 19.3. The number of rotatable bonds is 10. The van der Waals surface area contributed by atoms with Crippen molar-refractivity contribution in [1.29, 1.82) is 0 Å². The van der Waals surface area contributed by atoms with Crippen LogP contribution < -0.4 is 11.5 Å². The molecule has 4 aromatic heterocycles. The molecule has 0 radical (unpaired) electrons. The number of hydrogen-bond donors (Lipinski definition) is 2. The van der Waals surface area contributed by atoms with E-state index in [1.54, 1.807) is 12.7 Å². The molecule has 0 aromatic carbocycles. The summed E-state index contributed by atoms with van der Waals surface area (Å²) in [6.07, 6.45) is 17.0.